The van der Waals surface area contributed by atoms with Gasteiger partial charge >= 0.3 is 0 Å². The van der Waals surface area contributed by atoms with Crippen LogP contribution in [0.2, 0.25) is 0 Å². The molecule has 2 N–H and O–H groups in total. The fraction of sp³-hybridized carbons (Fsp3) is 0.400. The second-order valence-electron chi connectivity index (χ2n) is 3.62. The van der Waals surface area contributed by atoms with Crippen molar-refractivity contribution in [1.29, 1.82) is 0 Å². The van der Waals surface area contributed by atoms with E-state index in [0.29, 0.717) is 17.6 Å². The molecule has 0 aliphatic carbocycles. The van der Waals surface area contributed by atoms with Crippen LogP contribution in [-0.4, -0.2) is 24.4 Å². The Kier molecular flexibility index (Phi) is 3.28. The van der Waals surface area contributed by atoms with E-state index in [9.17, 15) is 9.59 Å². The van der Waals surface area contributed by atoms with Crippen LogP contribution >= 0.6 is 15.9 Å². The zero-order valence-electron chi connectivity index (χ0n) is 8.46. The Hall–Kier alpha value is -1.30. The molecule has 0 bridgehead atoms. The third-order valence-corrected chi connectivity index (χ3v) is 2.82. The molecule has 0 radical (unpaired) electrons. The first-order valence-corrected chi connectivity index (χ1v) is 5.77. The zero-order valence-corrected chi connectivity index (χ0v) is 10.0. The molecular weight excluding hydrogens is 276 g/mol. The van der Waals surface area contributed by atoms with Crippen molar-refractivity contribution in [2.45, 2.75) is 18.9 Å². The normalized spacial score (nSPS) is 19.6. The van der Waals surface area contributed by atoms with Gasteiger partial charge in [0.2, 0.25) is 5.91 Å². The number of nitrogens with one attached hydrogen (secondary N) is 2. The first-order valence-electron chi connectivity index (χ1n) is 4.98. The Morgan fingerprint density at radius 1 is 1.62 bits per heavy atom. The summed E-state index contributed by atoms with van der Waals surface area (Å²) >= 11 is 3.12. The highest BCUT2D eigenvalue weighted by Crippen LogP contribution is 2.13. The topological polar surface area (TPSA) is 71.3 Å². The number of hydrogen-bond acceptors (Lipinski definition) is 3. The summed E-state index contributed by atoms with van der Waals surface area (Å²) in [7, 11) is 0. The van der Waals surface area contributed by atoms with Crippen LogP contribution in [0.25, 0.3) is 0 Å². The molecule has 2 amide bonds. The Bertz CT molecular complexity index is 416. The van der Waals surface area contributed by atoms with Crippen molar-refractivity contribution in [3.63, 3.8) is 0 Å². The molecule has 2 heterocycles. The number of halogens is 1. The number of furan rings is 1. The van der Waals surface area contributed by atoms with E-state index in [-0.39, 0.29) is 23.6 Å². The van der Waals surface area contributed by atoms with Gasteiger partial charge in [0.25, 0.3) is 5.91 Å². The molecule has 1 aliphatic rings. The highest BCUT2D eigenvalue weighted by atomic mass is 79.9. The van der Waals surface area contributed by atoms with Crippen molar-refractivity contribution in [3.05, 3.63) is 22.6 Å². The second kappa shape index (κ2) is 4.69. The molecule has 1 aromatic heterocycles. The van der Waals surface area contributed by atoms with E-state index in [1.54, 1.807) is 12.1 Å². The second-order valence-corrected chi connectivity index (χ2v) is 4.40. The third kappa shape index (κ3) is 2.63. The molecule has 16 heavy (non-hydrogen) atoms. The van der Waals surface area contributed by atoms with Crippen LogP contribution in [-0.2, 0) is 4.79 Å². The highest BCUT2D eigenvalue weighted by Gasteiger charge is 2.21. The van der Waals surface area contributed by atoms with Gasteiger partial charge in [-0.15, -0.1) is 0 Å². The maximum absolute atomic E-state index is 11.6. The minimum atomic E-state index is -0.271. The molecule has 0 spiro atoms. The van der Waals surface area contributed by atoms with Gasteiger partial charge in [0.1, 0.15) is 0 Å². The van der Waals surface area contributed by atoms with E-state index < -0.39 is 0 Å². The molecule has 6 heteroatoms. The van der Waals surface area contributed by atoms with Crippen molar-refractivity contribution in [2.75, 3.05) is 6.54 Å². The first-order chi connectivity index (χ1) is 7.65. The predicted molar refractivity (Wildman–Crippen MR) is 59.9 cm³/mol. The maximum atomic E-state index is 11.6. The third-order valence-electron chi connectivity index (χ3n) is 2.39. The number of rotatable bonds is 3. The number of amides is 2. The van der Waals surface area contributed by atoms with Crippen molar-refractivity contribution in [3.8, 4) is 0 Å². The lowest BCUT2D eigenvalue weighted by atomic mass is 10.2. The van der Waals surface area contributed by atoms with Crippen molar-refractivity contribution in [1.82, 2.24) is 10.6 Å². The van der Waals surface area contributed by atoms with Crippen LogP contribution in [0.3, 0.4) is 0 Å². The highest BCUT2D eigenvalue weighted by molar-refractivity contribution is 9.10. The largest absolute Gasteiger partial charge is 0.444 e. The lowest BCUT2D eigenvalue weighted by Gasteiger charge is -2.09. The Labute approximate surface area is 101 Å². The van der Waals surface area contributed by atoms with Gasteiger partial charge < -0.3 is 15.1 Å². The molecule has 1 saturated heterocycles. The molecule has 0 saturated carbocycles. The number of carbonyl (C=O) groups excluding carboxylic acids is 2. The molecule has 1 aromatic rings. The van der Waals surface area contributed by atoms with Crippen molar-refractivity contribution >= 4 is 27.7 Å². The average Bonchev–Trinajstić information content (AvgIpc) is 2.84. The van der Waals surface area contributed by atoms with E-state index in [1.807, 2.05) is 0 Å². The summed E-state index contributed by atoms with van der Waals surface area (Å²) in [6.45, 7) is 0.433. The van der Waals surface area contributed by atoms with Gasteiger partial charge in [-0.2, -0.15) is 0 Å². The van der Waals surface area contributed by atoms with Gasteiger partial charge in [-0.25, -0.2) is 0 Å². The lowest BCUT2D eigenvalue weighted by Crippen LogP contribution is -2.38. The summed E-state index contributed by atoms with van der Waals surface area (Å²) in [4.78, 5) is 22.5. The Morgan fingerprint density at radius 3 is 3.00 bits per heavy atom. The summed E-state index contributed by atoms with van der Waals surface area (Å²) in [6, 6.07) is 3.29. The molecule has 5 nitrogen and oxygen atoms in total. The maximum Gasteiger partial charge on any atom is 0.287 e. The Morgan fingerprint density at radius 2 is 2.44 bits per heavy atom. The van der Waals surface area contributed by atoms with Gasteiger partial charge in [0, 0.05) is 19.0 Å². The van der Waals surface area contributed by atoms with Gasteiger partial charge in [-0.1, -0.05) is 0 Å². The molecule has 1 unspecified atom stereocenters. The minimum absolute atomic E-state index is 0.0369. The van der Waals surface area contributed by atoms with Crippen LogP contribution in [0.15, 0.2) is 21.2 Å². The molecule has 1 atom stereocenters. The van der Waals surface area contributed by atoms with E-state index >= 15 is 0 Å². The van der Waals surface area contributed by atoms with Crippen molar-refractivity contribution < 1.29 is 14.0 Å². The standard InChI is InChI=1S/C10H11BrN2O3/c11-8-3-2-7(16-8)10(15)12-5-6-1-4-9(14)13-6/h2-3,6H,1,4-5H2,(H,12,15)(H,13,14). The smallest absolute Gasteiger partial charge is 0.287 e. The number of hydrogen-bond donors (Lipinski definition) is 2. The molecule has 1 aliphatic heterocycles. The lowest BCUT2D eigenvalue weighted by molar-refractivity contribution is -0.119. The molecule has 0 aromatic carbocycles. The SMILES string of the molecule is O=C1CCC(CNC(=O)c2ccc(Br)o2)N1. The summed E-state index contributed by atoms with van der Waals surface area (Å²) in [5, 5.41) is 5.48. The van der Waals surface area contributed by atoms with Crippen molar-refractivity contribution in [2.24, 2.45) is 0 Å². The number of carbonyl (C=O) groups is 2. The van der Waals surface area contributed by atoms with Crippen LogP contribution in [0, 0.1) is 0 Å². The van der Waals surface area contributed by atoms with Crippen LogP contribution in [0.1, 0.15) is 23.4 Å². The van der Waals surface area contributed by atoms with Crippen LogP contribution in [0.5, 0.6) is 0 Å². The molecular formula is C10H11BrN2O3. The predicted octanol–water partition coefficient (Wildman–Crippen LogP) is 1.05. The summed E-state index contributed by atoms with van der Waals surface area (Å²) in [5.74, 6) is 0.0306. The zero-order chi connectivity index (χ0) is 11.5. The molecule has 2 rings (SSSR count). The summed E-state index contributed by atoms with van der Waals surface area (Å²) < 4.78 is 5.62. The summed E-state index contributed by atoms with van der Waals surface area (Å²) in [5.41, 5.74) is 0. The first kappa shape index (κ1) is 11.2. The fourth-order valence-corrected chi connectivity index (χ4v) is 1.88. The van der Waals surface area contributed by atoms with Gasteiger partial charge in [-0.05, 0) is 34.5 Å². The quantitative estimate of drug-likeness (QED) is 0.873. The molecule has 86 valence electrons. The van der Waals surface area contributed by atoms with Crippen LogP contribution in [0.4, 0.5) is 0 Å². The van der Waals surface area contributed by atoms with Gasteiger partial charge in [-0.3, -0.25) is 9.59 Å². The molecule has 1 fully saturated rings. The minimum Gasteiger partial charge on any atom is -0.444 e. The summed E-state index contributed by atoms with van der Waals surface area (Å²) in [6.07, 6.45) is 1.30. The van der Waals surface area contributed by atoms with Gasteiger partial charge in [0.05, 0.1) is 0 Å². The monoisotopic (exact) mass is 286 g/mol. The Balaban J connectivity index is 1.82. The van der Waals surface area contributed by atoms with E-state index in [4.69, 9.17) is 4.42 Å². The van der Waals surface area contributed by atoms with Crippen LogP contribution < -0.4 is 10.6 Å². The average molecular weight is 287 g/mol. The van der Waals surface area contributed by atoms with E-state index in [0.717, 1.165) is 6.42 Å². The van der Waals surface area contributed by atoms with Gasteiger partial charge in [0.15, 0.2) is 10.4 Å². The van der Waals surface area contributed by atoms with E-state index in [1.165, 1.54) is 0 Å². The van der Waals surface area contributed by atoms with E-state index in [2.05, 4.69) is 26.6 Å². The fourth-order valence-electron chi connectivity index (χ4n) is 1.57.